The van der Waals surface area contributed by atoms with E-state index in [0.717, 1.165) is 30.2 Å². The molecular weight excluding hydrogens is 244 g/mol. The molecule has 1 unspecified atom stereocenters. The van der Waals surface area contributed by atoms with E-state index in [2.05, 4.69) is 24.2 Å². The Morgan fingerprint density at radius 2 is 2.06 bits per heavy atom. The van der Waals surface area contributed by atoms with Gasteiger partial charge in [-0.15, -0.1) is 0 Å². The van der Waals surface area contributed by atoms with Gasteiger partial charge in [-0.05, 0) is 19.3 Å². The van der Waals surface area contributed by atoms with Gasteiger partial charge in [-0.25, -0.2) is 4.99 Å². The molecule has 5 heteroatoms. The van der Waals surface area contributed by atoms with Crippen LogP contribution in [0.25, 0.3) is 0 Å². The number of hydrogen-bond donors (Lipinski definition) is 3. The standard InChI is InChI=1S/C13H26N4S/c1-3-5-6-7-8-13(15)11(14)10-16-12(17-13)18-9-4-2/h10H,3-9,14-15H2,1-2H3,(H,16,17). The third kappa shape index (κ3) is 4.53. The summed E-state index contributed by atoms with van der Waals surface area (Å²) in [6.07, 6.45) is 8.50. The fourth-order valence-electron chi connectivity index (χ4n) is 1.84. The summed E-state index contributed by atoms with van der Waals surface area (Å²) in [7, 11) is 0. The minimum absolute atomic E-state index is 0.639. The van der Waals surface area contributed by atoms with Crippen molar-refractivity contribution >= 4 is 16.9 Å². The van der Waals surface area contributed by atoms with Crippen molar-refractivity contribution < 1.29 is 0 Å². The van der Waals surface area contributed by atoms with Gasteiger partial charge in [0.2, 0.25) is 0 Å². The number of nitrogens with two attached hydrogens (primary N) is 2. The Labute approximate surface area is 115 Å². The van der Waals surface area contributed by atoms with Crippen LogP contribution in [0.15, 0.2) is 16.9 Å². The number of amidine groups is 1. The fourth-order valence-corrected chi connectivity index (χ4v) is 2.60. The maximum absolute atomic E-state index is 6.31. The first-order valence-electron chi connectivity index (χ1n) is 6.86. The lowest BCUT2D eigenvalue weighted by molar-refractivity contribution is 0.439. The molecule has 18 heavy (non-hydrogen) atoms. The van der Waals surface area contributed by atoms with Gasteiger partial charge in [0.15, 0.2) is 10.8 Å². The van der Waals surface area contributed by atoms with Crippen molar-refractivity contribution in [2.75, 3.05) is 5.75 Å². The summed E-state index contributed by atoms with van der Waals surface area (Å²) in [6.45, 7) is 4.36. The molecule has 0 aromatic heterocycles. The van der Waals surface area contributed by atoms with E-state index in [1.165, 1.54) is 19.3 Å². The van der Waals surface area contributed by atoms with E-state index in [0.29, 0.717) is 5.70 Å². The molecule has 0 bridgehead atoms. The highest BCUT2D eigenvalue weighted by Crippen LogP contribution is 2.24. The number of nitrogens with one attached hydrogen (secondary N) is 1. The third-order valence-electron chi connectivity index (χ3n) is 3.01. The molecule has 1 aliphatic rings. The molecule has 1 aliphatic heterocycles. The summed E-state index contributed by atoms with van der Waals surface area (Å²) < 4.78 is 0. The largest absolute Gasteiger partial charge is 0.398 e. The number of rotatable bonds is 7. The van der Waals surface area contributed by atoms with E-state index in [1.807, 2.05) is 0 Å². The highest BCUT2D eigenvalue weighted by atomic mass is 32.2. The number of hydrogen-bond acceptors (Lipinski definition) is 5. The molecule has 0 aliphatic carbocycles. The zero-order chi connectivity index (χ0) is 13.4. The van der Waals surface area contributed by atoms with E-state index in [9.17, 15) is 0 Å². The predicted octanol–water partition coefficient (Wildman–Crippen LogP) is 2.51. The van der Waals surface area contributed by atoms with Crippen LogP contribution in [0.5, 0.6) is 0 Å². The zero-order valence-electron chi connectivity index (χ0n) is 11.5. The Balaban J connectivity index is 2.54. The van der Waals surface area contributed by atoms with Crippen LogP contribution in [0.2, 0.25) is 0 Å². The molecule has 0 aromatic rings. The fraction of sp³-hybridized carbons (Fsp3) is 0.769. The zero-order valence-corrected chi connectivity index (χ0v) is 12.4. The Morgan fingerprint density at radius 3 is 2.72 bits per heavy atom. The minimum atomic E-state index is -0.699. The molecule has 4 nitrogen and oxygen atoms in total. The summed E-state index contributed by atoms with van der Waals surface area (Å²) in [4.78, 5) is 4.58. The van der Waals surface area contributed by atoms with Gasteiger partial charge in [0.25, 0.3) is 0 Å². The second kappa shape index (κ2) is 7.69. The first-order valence-corrected chi connectivity index (χ1v) is 7.85. The molecule has 1 heterocycles. The molecule has 104 valence electrons. The van der Waals surface area contributed by atoms with Crippen molar-refractivity contribution in [1.82, 2.24) is 5.32 Å². The first kappa shape index (κ1) is 15.4. The summed E-state index contributed by atoms with van der Waals surface area (Å²) >= 11 is 1.70. The Morgan fingerprint density at radius 1 is 1.28 bits per heavy atom. The van der Waals surface area contributed by atoms with Crippen LogP contribution in [0, 0.1) is 0 Å². The molecule has 0 spiro atoms. The van der Waals surface area contributed by atoms with E-state index in [4.69, 9.17) is 11.5 Å². The van der Waals surface area contributed by atoms with Crippen molar-refractivity contribution in [2.45, 2.75) is 58.0 Å². The first-order chi connectivity index (χ1) is 8.62. The average Bonchev–Trinajstić information content (AvgIpc) is 2.36. The van der Waals surface area contributed by atoms with Gasteiger partial charge >= 0.3 is 0 Å². The highest BCUT2D eigenvalue weighted by molar-refractivity contribution is 8.13. The molecule has 0 saturated carbocycles. The molecular formula is C13H26N4S. The van der Waals surface area contributed by atoms with Crippen LogP contribution in [0.1, 0.15) is 52.4 Å². The monoisotopic (exact) mass is 270 g/mol. The van der Waals surface area contributed by atoms with E-state index >= 15 is 0 Å². The van der Waals surface area contributed by atoms with Gasteiger partial charge < -0.3 is 16.8 Å². The molecule has 0 aromatic carbocycles. The van der Waals surface area contributed by atoms with Gasteiger partial charge in [0.1, 0.15) is 0 Å². The second-order valence-corrected chi connectivity index (χ2v) is 5.83. The number of aliphatic imine (C=N–C) groups is 1. The molecule has 0 amide bonds. The summed E-state index contributed by atoms with van der Waals surface area (Å²) in [5, 5.41) is 4.00. The Hall–Kier alpha value is -0.680. The van der Waals surface area contributed by atoms with E-state index in [1.54, 1.807) is 18.0 Å². The van der Waals surface area contributed by atoms with Crippen LogP contribution in [0.4, 0.5) is 0 Å². The van der Waals surface area contributed by atoms with Gasteiger partial charge in [0.05, 0.1) is 5.70 Å². The molecule has 0 radical (unpaired) electrons. The lowest BCUT2D eigenvalue weighted by Crippen LogP contribution is -2.48. The second-order valence-electron chi connectivity index (χ2n) is 4.74. The maximum Gasteiger partial charge on any atom is 0.162 e. The number of unbranched alkanes of at least 4 members (excludes halogenated alkanes) is 3. The Bertz CT molecular complexity index is 314. The highest BCUT2D eigenvalue weighted by Gasteiger charge is 2.30. The number of nitrogens with zero attached hydrogens (tertiary/aromatic N) is 1. The average molecular weight is 270 g/mol. The van der Waals surface area contributed by atoms with Gasteiger partial charge in [-0.1, -0.05) is 44.9 Å². The van der Waals surface area contributed by atoms with Gasteiger partial charge in [0, 0.05) is 12.0 Å². The maximum atomic E-state index is 6.31. The number of thioether (sulfide) groups is 1. The van der Waals surface area contributed by atoms with Crippen molar-refractivity contribution in [3.8, 4) is 0 Å². The summed E-state index contributed by atoms with van der Waals surface area (Å²) in [6, 6.07) is 0. The molecule has 1 rings (SSSR count). The quantitative estimate of drug-likeness (QED) is 0.621. The summed E-state index contributed by atoms with van der Waals surface area (Å²) in [5.41, 5.74) is 12.2. The topological polar surface area (TPSA) is 76.4 Å². The summed E-state index contributed by atoms with van der Waals surface area (Å²) in [5.74, 6) is 1.05. The van der Waals surface area contributed by atoms with Crippen LogP contribution < -0.4 is 16.8 Å². The minimum Gasteiger partial charge on any atom is -0.398 e. The predicted molar refractivity (Wildman–Crippen MR) is 81.3 cm³/mol. The van der Waals surface area contributed by atoms with Crippen molar-refractivity contribution in [2.24, 2.45) is 16.5 Å². The van der Waals surface area contributed by atoms with Crippen molar-refractivity contribution in [3.05, 3.63) is 11.9 Å². The van der Waals surface area contributed by atoms with Crippen LogP contribution in [-0.4, -0.2) is 16.6 Å². The smallest absolute Gasteiger partial charge is 0.162 e. The van der Waals surface area contributed by atoms with E-state index in [-0.39, 0.29) is 0 Å². The molecule has 1 atom stereocenters. The van der Waals surface area contributed by atoms with Gasteiger partial charge in [-0.3, -0.25) is 0 Å². The van der Waals surface area contributed by atoms with Crippen LogP contribution in [0.3, 0.4) is 0 Å². The van der Waals surface area contributed by atoms with Crippen LogP contribution in [-0.2, 0) is 0 Å². The molecule has 0 fully saturated rings. The molecule has 0 saturated heterocycles. The van der Waals surface area contributed by atoms with E-state index < -0.39 is 5.66 Å². The van der Waals surface area contributed by atoms with Crippen LogP contribution >= 0.6 is 11.8 Å². The lowest BCUT2D eigenvalue weighted by Gasteiger charge is -2.30. The third-order valence-corrected chi connectivity index (χ3v) is 4.10. The van der Waals surface area contributed by atoms with Crippen molar-refractivity contribution in [1.29, 1.82) is 0 Å². The van der Waals surface area contributed by atoms with Gasteiger partial charge in [-0.2, -0.15) is 0 Å². The van der Waals surface area contributed by atoms with Crippen molar-refractivity contribution in [3.63, 3.8) is 0 Å². The molecule has 5 N–H and O–H groups in total. The Kier molecular flexibility index (Phi) is 6.57. The lowest BCUT2D eigenvalue weighted by atomic mass is 9.99. The SMILES string of the molecule is CCCCCCC1(N)N=C(SCCC)NC=C1N. The normalized spacial score (nSPS) is 23.3.